The van der Waals surface area contributed by atoms with Crippen LogP contribution in [0.4, 0.5) is 5.82 Å². The minimum absolute atomic E-state index is 0.643. The highest BCUT2D eigenvalue weighted by atomic mass is 15.2. The van der Waals surface area contributed by atoms with Crippen molar-refractivity contribution in [2.75, 3.05) is 5.32 Å². The molecule has 0 aliphatic heterocycles. The molecule has 0 amide bonds. The Morgan fingerprint density at radius 3 is 2.92 bits per heavy atom. The minimum Gasteiger partial charge on any atom is -0.347 e. The molecule has 0 saturated carbocycles. The van der Waals surface area contributed by atoms with Crippen LogP contribution in [0.3, 0.4) is 0 Å². The Labute approximate surface area is 144 Å². The summed E-state index contributed by atoms with van der Waals surface area (Å²) >= 11 is 0. The molecule has 0 aliphatic rings. The largest absolute Gasteiger partial charge is 0.347 e. The number of aryl methyl sites for hydroxylation is 1. The van der Waals surface area contributed by atoms with E-state index in [0.29, 0.717) is 12.2 Å². The summed E-state index contributed by atoms with van der Waals surface area (Å²) in [6.07, 6.45) is 7.47. The van der Waals surface area contributed by atoms with E-state index in [-0.39, 0.29) is 0 Å². The fourth-order valence-electron chi connectivity index (χ4n) is 2.90. The Kier molecular flexibility index (Phi) is 3.74. The lowest BCUT2D eigenvalue weighted by molar-refractivity contribution is 1.09. The predicted octanol–water partition coefficient (Wildman–Crippen LogP) is 3.22. The van der Waals surface area contributed by atoms with E-state index in [1.807, 2.05) is 31.3 Å². The summed E-state index contributed by atoms with van der Waals surface area (Å²) in [5.74, 6) is 1.55. The maximum atomic E-state index is 4.44. The van der Waals surface area contributed by atoms with Crippen LogP contribution in [0.2, 0.25) is 0 Å². The van der Waals surface area contributed by atoms with Gasteiger partial charge < -0.3 is 10.3 Å². The molecule has 3 aromatic heterocycles. The first-order chi connectivity index (χ1) is 12.2. The number of H-pyrrole nitrogens is 2. The summed E-state index contributed by atoms with van der Waals surface area (Å²) in [4.78, 5) is 16.3. The zero-order chi connectivity index (χ0) is 17.2. The summed E-state index contributed by atoms with van der Waals surface area (Å²) in [6, 6.07) is 5.98. The van der Waals surface area contributed by atoms with Crippen LogP contribution >= 0.6 is 0 Å². The number of rotatable bonds is 5. The van der Waals surface area contributed by atoms with Crippen molar-refractivity contribution in [1.82, 2.24) is 30.1 Å². The summed E-state index contributed by atoms with van der Waals surface area (Å²) < 4.78 is 0. The smallest absolute Gasteiger partial charge is 0.159 e. The number of aromatic nitrogens is 6. The molecule has 4 aromatic rings. The highest BCUT2D eigenvalue weighted by molar-refractivity contribution is 5.78. The molecule has 0 fully saturated rings. The number of benzene rings is 1. The molecular formula is C18H17N7. The number of allylic oxidation sites excluding steroid dienone is 1. The topological polar surface area (TPSA) is 95.2 Å². The summed E-state index contributed by atoms with van der Waals surface area (Å²) in [7, 11) is 0. The van der Waals surface area contributed by atoms with E-state index < -0.39 is 0 Å². The van der Waals surface area contributed by atoms with Crippen LogP contribution < -0.4 is 5.32 Å². The predicted molar refractivity (Wildman–Crippen MR) is 96.9 cm³/mol. The van der Waals surface area contributed by atoms with Crippen molar-refractivity contribution < 1.29 is 0 Å². The number of hydrogen-bond acceptors (Lipinski definition) is 5. The molecule has 3 heterocycles. The number of hydrogen-bond donors (Lipinski definition) is 3. The van der Waals surface area contributed by atoms with Gasteiger partial charge in [-0.2, -0.15) is 5.10 Å². The number of nitrogens with zero attached hydrogens (tertiary/aromatic N) is 4. The van der Waals surface area contributed by atoms with Gasteiger partial charge in [-0.15, -0.1) is 0 Å². The Balaban J connectivity index is 1.59. The molecule has 0 aliphatic carbocycles. The van der Waals surface area contributed by atoms with Crippen molar-refractivity contribution in [2.24, 2.45) is 0 Å². The number of para-hydroxylation sites is 1. The molecule has 1 aromatic carbocycles. The fourth-order valence-corrected chi connectivity index (χ4v) is 2.90. The van der Waals surface area contributed by atoms with Crippen molar-refractivity contribution in [3.63, 3.8) is 0 Å². The zero-order valence-electron chi connectivity index (χ0n) is 13.7. The highest BCUT2D eigenvalue weighted by Crippen LogP contribution is 2.29. The molecule has 0 spiro atoms. The van der Waals surface area contributed by atoms with Gasteiger partial charge in [0.05, 0.1) is 16.6 Å². The molecule has 7 nitrogen and oxygen atoms in total. The maximum absolute atomic E-state index is 4.44. The van der Waals surface area contributed by atoms with E-state index in [1.54, 1.807) is 12.4 Å². The van der Waals surface area contributed by atoms with E-state index in [1.165, 1.54) is 6.33 Å². The molecule has 25 heavy (non-hydrogen) atoms. The van der Waals surface area contributed by atoms with Gasteiger partial charge in [0, 0.05) is 30.7 Å². The average molecular weight is 331 g/mol. The quantitative estimate of drug-likeness (QED) is 0.522. The van der Waals surface area contributed by atoms with Gasteiger partial charge in [-0.25, -0.2) is 4.98 Å². The molecule has 4 rings (SSSR count). The SMILES string of the molecule is C=C(Cc1cccc2nccnc12)Nc1[nH]cc(C)c1-c1ncn[nH]1. The lowest BCUT2D eigenvalue weighted by atomic mass is 10.1. The van der Waals surface area contributed by atoms with Gasteiger partial charge in [0.15, 0.2) is 5.82 Å². The third kappa shape index (κ3) is 2.87. The van der Waals surface area contributed by atoms with Crippen LogP contribution in [0.5, 0.6) is 0 Å². The molecule has 0 saturated heterocycles. The van der Waals surface area contributed by atoms with Crippen molar-refractivity contribution >= 4 is 16.9 Å². The number of fused-ring (bicyclic) bond motifs is 1. The Morgan fingerprint density at radius 2 is 2.08 bits per heavy atom. The number of anilines is 1. The Hall–Kier alpha value is -3.48. The molecule has 0 radical (unpaired) electrons. The van der Waals surface area contributed by atoms with Crippen LogP contribution in [0.15, 0.2) is 55.4 Å². The van der Waals surface area contributed by atoms with Gasteiger partial charge in [-0.3, -0.25) is 15.1 Å². The van der Waals surface area contributed by atoms with Gasteiger partial charge in [0.2, 0.25) is 0 Å². The Morgan fingerprint density at radius 1 is 1.20 bits per heavy atom. The first-order valence-corrected chi connectivity index (χ1v) is 7.89. The second kappa shape index (κ2) is 6.20. The standard InChI is InChI=1S/C18H17N7/c1-11-9-21-17(15(11)18-22-10-23-25-18)24-12(2)8-13-4-3-5-14-16(13)20-7-6-19-14/h3-7,9-10,21,24H,2,8H2,1H3,(H,22,23,25). The van der Waals surface area contributed by atoms with Crippen LogP contribution in [0.25, 0.3) is 22.4 Å². The summed E-state index contributed by atoms with van der Waals surface area (Å²) in [5.41, 5.74) is 5.73. The van der Waals surface area contributed by atoms with Crippen LogP contribution in [-0.4, -0.2) is 30.1 Å². The van der Waals surface area contributed by atoms with E-state index in [0.717, 1.165) is 39.2 Å². The van der Waals surface area contributed by atoms with Crippen LogP contribution in [0, 0.1) is 6.92 Å². The van der Waals surface area contributed by atoms with Crippen LogP contribution in [0.1, 0.15) is 11.1 Å². The monoisotopic (exact) mass is 331 g/mol. The third-order valence-electron chi connectivity index (χ3n) is 4.02. The maximum Gasteiger partial charge on any atom is 0.159 e. The van der Waals surface area contributed by atoms with Gasteiger partial charge in [0.1, 0.15) is 12.1 Å². The average Bonchev–Trinajstić information content (AvgIpc) is 3.25. The molecule has 0 bridgehead atoms. The van der Waals surface area contributed by atoms with Gasteiger partial charge >= 0.3 is 0 Å². The normalized spacial score (nSPS) is 10.9. The van der Waals surface area contributed by atoms with E-state index in [2.05, 4.69) is 42.0 Å². The minimum atomic E-state index is 0.643. The van der Waals surface area contributed by atoms with Crippen molar-refractivity contribution in [3.05, 3.63) is 66.5 Å². The lowest BCUT2D eigenvalue weighted by Crippen LogP contribution is -2.04. The highest BCUT2D eigenvalue weighted by Gasteiger charge is 2.14. The van der Waals surface area contributed by atoms with Gasteiger partial charge in [-0.1, -0.05) is 18.7 Å². The van der Waals surface area contributed by atoms with Crippen LogP contribution in [-0.2, 0) is 6.42 Å². The third-order valence-corrected chi connectivity index (χ3v) is 4.02. The van der Waals surface area contributed by atoms with E-state index in [4.69, 9.17) is 0 Å². The lowest BCUT2D eigenvalue weighted by Gasteiger charge is -2.11. The first-order valence-electron chi connectivity index (χ1n) is 7.89. The molecule has 3 N–H and O–H groups in total. The van der Waals surface area contributed by atoms with Crippen molar-refractivity contribution in [1.29, 1.82) is 0 Å². The Bertz CT molecular complexity index is 1030. The van der Waals surface area contributed by atoms with Gasteiger partial charge in [-0.05, 0) is 24.1 Å². The van der Waals surface area contributed by atoms with Gasteiger partial charge in [0.25, 0.3) is 0 Å². The molecule has 0 atom stereocenters. The molecule has 124 valence electrons. The molecular weight excluding hydrogens is 314 g/mol. The summed E-state index contributed by atoms with van der Waals surface area (Å²) in [6.45, 7) is 6.17. The van der Waals surface area contributed by atoms with Crippen molar-refractivity contribution in [3.8, 4) is 11.4 Å². The summed E-state index contributed by atoms with van der Waals surface area (Å²) in [5, 5.41) is 10.2. The molecule has 0 unspecified atom stereocenters. The number of aromatic amines is 2. The number of nitrogens with one attached hydrogen (secondary N) is 3. The zero-order valence-corrected chi connectivity index (χ0v) is 13.7. The fraction of sp³-hybridized carbons (Fsp3) is 0.111. The first kappa shape index (κ1) is 15.1. The molecule has 7 heteroatoms. The van der Waals surface area contributed by atoms with E-state index in [9.17, 15) is 0 Å². The second-order valence-corrected chi connectivity index (χ2v) is 5.80. The van der Waals surface area contributed by atoms with E-state index >= 15 is 0 Å². The van der Waals surface area contributed by atoms with Crippen molar-refractivity contribution in [2.45, 2.75) is 13.3 Å². The second-order valence-electron chi connectivity index (χ2n) is 5.80.